The van der Waals surface area contributed by atoms with Gasteiger partial charge < -0.3 is 5.32 Å². The minimum atomic E-state index is -0.477. The van der Waals surface area contributed by atoms with Crippen molar-refractivity contribution in [3.8, 4) is 0 Å². The lowest BCUT2D eigenvalue weighted by molar-refractivity contribution is 0.416. The van der Waals surface area contributed by atoms with E-state index in [-0.39, 0.29) is 5.56 Å². The van der Waals surface area contributed by atoms with Crippen LogP contribution in [-0.2, 0) is 6.42 Å². The lowest BCUT2D eigenvalue weighted by atomic mass is 9.97. The Morgan fingerprint density at radius 3 is 2.50 bits per heavy atom. The highest BCUT2D eigenvalue weighted by molar-refractivity contribution is 9.10. The summed E-state index contributed by atoms with van der Waals surface area (Å²) in [6.45, 7) is 4.29. The molecule has 0 saturated heterocycles. The highest BCUT2D eigenvalue weighted by atomic mass is 79.9. The van der Waals surface area contributed by atoms with Crippen LogP contribution < -0.4 is 5.32 Å². The Morgan fingerprint density at radius 1 is 1.28 bits per heavy atom. The zero-order chi connectivity index (χ0) is 13.7. The van der Waals surface area contributed by atoms with E-state index in [2.05, 4.69) is 35.1 Å². The zero-order valence-corrected chi connectivity index (χ0v) is 12.7. The topological polar surface area (TPSA) is 12.0 Å². The Bertz CT molecular complexity index is 394. The van der Waals surface area contributed by atoms with Crippen LogP contribution in [0.4, 0.5) is 8.78 Å². The Labute approximate surface area is 116 Å². The highest BCUT2D eigenvalue weighted by Gasteiger charge is 2.15. The molecule has 1 N–H and O–H groups in total. The summed E-state index contributed by atoms with van der Waals surface area (Å²) in [6.07, 6.45) is 2.15. The van der Waals surface area contributed by atoms with Gasteiger partial charge in [0, 0.05) is 11.6 Å². The first-order valence-electron chi connectivity index (χ1n) is 6.25. The summed E-state index contributed by atoms with van der Waals surface area (Å²) in [5.74, 6) is -0.371. The number of rotatable bonds is 6. The maximum atomic E-state index is 13.8. The Kier molecular flexibility index (Phi) is 6.22. The molecule has 0 fully saturated rings. The summed E-state index contributed by atoms with van der Waals surface area (Å²) in [5, 5.41) is 3.20. The SMILES string of the molecule is CNC(CCc1c(F)ccc(Br)c1F)CC(C)C. The summed E-state index contributed by atoms with van der Waals surface area (Å²) in [5.41, 5.74) is 0.174. The Morgan fingerprint density at radius 2 is 1.94 bits per heavy atom. The molecule has 1 atom stereocenters. The van der Waals surface area contributed by atoms with Crippen LogP contribution in [-0.4, -0.2) is 13.1 Å². The van der Waals surface area contributed by atoms with Crippen molar-refractivity contribution in [2.75, 3.05) is 7.05 Å². The van der Waals surface area contributed by atoms with E-state index in [1.807, 2.05) is 7.05 Å². The molecule has 0 aliphatic carbocycles. The van der Waals surface area contributed by atoms with E-state index in [9.17, 15) is 8.78 Å². The minimum Gasteiger partial charge on any atom is -0.317 e. The van der Waals surface area contributed by atoms with E-state index < -0.39 is 11.6 Å². The molecule has 4 heteroatoms. The molecule has 102 valence electrons. The van der Waals surface area contributed by atoms with Crippen LogP contribution in [0.3, 0.4) is 0 Å². The number of nitrogens with one attached hydrogen (secondary N) is 1. The number of hydrogen-bond donors (Lipinski definition) is 1. The third-order valence-electron chi connectivity index (χ3n) is 3.05. The van der Waals surface area contributed by atoms with Crippen LogP contribution in [0.15, 0.2) is 16.6 Å². The standard InChI is InChI=1S/C14H20BrF2N/c1-9(2)8-10(18-3)4-5-11-13(16)7-6-12(15)14(11)17/h6-7,9-10,18H,4-5,8H2,1-3H3. The van der Waals surface area contributed by atoms with Crippen molar-refractivity contribution in [3.05, 3.63) is 33.8 Å². The molecule has 0 aliphatic heterocycles. The molecular weight excluding hydrogens is 300 g/mol. The van der Waals surface area contributed by atoms with E-state index in [0.717, 1.165) is 12.8 Å². The number of halogens is 3. The van der Waals surface area contributed by atoms with Crippen molar-refractivity contribution >= 4 is 15.9 Å². The van der Waals surface area contributed by atoms with E-state index >= 15 is 0 Å². The fraction of sp³-hybridized carbons (Fsp3) is 0.571. The zero-order valence-electron chi connectivity index (χ0n) is 11.1. The monoisotopic (exact) mass is 319 g/mol. The molecule has 0 bridgehead atoms. The van der Waals surface area contributed by atoms with Crippen molar-refractivity contribution in [2.24, 2.45) is 5.92 Å². The van der Waals surface area contributed by atoms with Gasteiger partial charge in [-0.05, 0) is 60.3 Å². The van der Waals surface area contributed by atoms with Crippen LogP contribution in [0.5, 0.6) is 0 Å². The Balaban J connectivity index is 2.70. The molecule has 0 aliphatic rings. The first-order valence-corrected chi connectivity index (χ1v) is 7.04. The first kappa shape index (κ1) is 15.6. The molecule has 1 unspecified atom stereocenters. The molecule has 0 spiro atoms. The van der Waals surface area contributed by atoms with Gasteiger partial charge in [-0.25, -0.2) is 8.78 Å². The van der Waals surface area contributed by atoms with Crippen molar-refractivity contribution in [2.45, 2.75) is 39.2 Å². The third-order valence-corrected chi connectivity index (χ3v) is 3.66. The van der Waals surface area contributed by atoms with Crippen molar-refractivity contribution in [3.63, 3.8) is 0 Å². The molecule has 1 rings (SSSR count). The molecule has 1 aromatic carbocycles. The van der Waals surface area contributed by atoms with Gasteiger partial charge in [0.05, 0.1) is 4.47 Å². The molecule has 0 radical (unpaired) electrons. The van der Waals surface area contributed by atoms with E-state index in [4.69, 9.17) is 0 Å². The van der Waals surface area contributed by atoms with Crippen molar-refractivity contribution in [1.29, 1.82) is 0 Å². The second-order valence-corrected chi connectivity index (χ2v) is 5.83. The lowest BCUT2D eigenvalue weighted by Gasteiger charge is -2.18. The molecule has 0 heterocycles. The second-order valence-electron chi connectivity index (χ2n) is 4.98. The number of hydrogen-bond acceptors (Lipinski definition) is 1. The van der Waals surface area contributed by atoms with Crippen LogP contribution in [0.1, 0.15) is 32.3 Å². The highest BCUT2D eigenvalue weighted by Crippen LogP contribution is 2.23. The Hall–Kier alpha value is -0.480. The van der Waals surface area contributed by atoms with Gasteiger partial charge in [0.1, 0.15) is 11.6 Å². The maximum absolute atomic E-state index is 13.8. The summed E-state index contributed by atoms with van der Waals surface area (Å²) < 4.78 is 27.7. The average molecular weight is 320 g/mol. The fourth-order valence-electron chi connectivity index (χ4n) is 2.07. The van der Waals surface area contributed by atoms with E-state index in [1.165, 1.54) is 12.1 Å². The lowest BCUT2D eigenvalue weighted by Crippen LogP contribution is -2.27. The average Bonchev–Trinajstić information content (AvgIpc) is 2.32. The first-order chi connectivity index (χ1) is 8.45. The summed E-state index contributed by atoms with van der Waals surface area (Å²) in [7, 11) is 1.89. The van der Waals surface area contributed by atoms with Crippen LogP contribution in [0.2, 0.25) is 0 Å². The van der Waals surface area contributed by atoms with Gasteiger partial charge in [-0.2, -0.15) is 0 Å². The van der Waals surface area contributed by atoms with Crippen LogP contribution in [0, 0.1) is 17.6 Å². The van der Waals surface area contributed by atoms with Crippen molar-refractivity contribution < 1.29 is 8.78 Å². The molecule has 0 amide bonds. The molecule has 0 saturated carbocycles. The predicted molar refractivity (Wildman–Crippen MR) is 74.7 cm³/mol. The second kappa shape index (κ2) is 7.19. The molecule has 1 aromatic rings. The van der Waals surface area contributed by atoms with Gasteiger partial charge in [0.25, 0.3) is 0 Å². The van der Waals surface area contributed by atoms with Gasteiger partial charge in [-0.1, -0.05) is 13.8 Å². The summed E-state index contributed by atoms with van der Waals surface area (Å²) >= 11 is 3.09. The number of benzene rings is 1. The van der Waals surface area contributed by atoms with Gasteiger partial charge in [-0.3, -0.25) is 0 Å². The van der Waals surface area contributed by atoms with E-state index in [1.54, 1.807) is 0 Å². The fourth-order valence-corrected chi connectivity index (χ4v) is 2.44. The van der Waals surface area contributed by atoms with E-state index in [0.29, 0.717) is 22.9 Å². The largest absolute Gasteiger partial charge is 0.317 e. The van der Waals surface area contributed by atoms with Gasteiger partial charge >= 0.3 is 0 Å². The van der Waals surface area contributed by atoms with Gasteiger partial charge in [-0.15, -0.1) is 0 Å². The third kappa shape index (κ3) is 4.32. The van der Waals surface area contributed by atoms with Gasteiger partial charge in [0.15, 0.2) is 0 Å². The normalized spacial score (nSPS) is 13.1. The van der Waals surface area contributed by atoms with Crippen molar-refractivity contribution in [1.82, 2.24) is 5.32 Å². The predicted octanol–water partition coefficient (Wildman–Crippen LogP) is 4.29. The smallest absolute Gasteiger partial charge is 0.143 e. The molecule has 1 nitrogen and oxygen atoms in total. The maximum Gasteiger partial charge on any atom is 0.143 e. The molecular formula is C14H20BrF2N. The molecule has 18 heavy (non-hydrogen) atoms. The van der Waals surface area contributed by atoms with Crippen LogP contribution >= 0.6 is 15.9 Å². The summed E-state index contributed by atoms with van der Waals surface area (Å²) in [4.78, 5) is 0. The quantitative estimate of drug-likeness (QED) is 0.771. The molecule has 0 aromatic heterocycles. The van der Waals surface area contributed by atoms with Gasteiger partial charge in [0.2, 0.25) is 0 Å². The summed E-state index contributed by atoms with van der Waals surface area (Å²) in [6, 6.07) is 3.00. The van der Waals surface area contributed by atoms with Crippen LogP contribution in [0.25, 0.3) is 0 Å². The minimum absolute atomic E-state index is 0.174.